The fraction of sp³-hybridized carbons (Fsp3) is 0.154. The third-order valence-electron chi connectivity index (χ3n) is 5.38. The molecule has 0 atom stereocenters. The van der Waals surface area contributed by atoms with Gasteiger partial charge in [0.2, 0.25) is 0 Å². The van der Waals surface area contributed by atoms with Crippen LogP contribution >= 0.6 is 23.2 Å². The van der Waals surface area contributed by atoms with E-state index in [2.05, 4.69) is 19.2 Å². The molecule has 0 aliphatic carbocycles. The van der Waals surface area contributed by atoms with Crippen LogP contribution in [0.2, 0.25) is 10.0 Å². The number of anilines is 1. The largest absolute Gasteiger partial charge is 0.322 e. The van der Waals surface area contributed by atoms with Crippen LogP contribution in [0.4, 0.5) is 5.69 Å². The van der Waals surface area contributed by atoms with E-state index in [-0.39, 0.29) is 5.91 Å². The van der Waals surface area contributed by atoms with Gasteiger partial charge in [0.25, 0.3) is 5.91 Å². The summed E-state index contributed by atoms with van der Waals surface area (Å²) in [5.41, 5.74) is 5.46. The van der Waals surface area contributed by atoms with Gasteiger partial charge < -0.3 is 5.32 Å². The van der Waals surface area contributed by atoms with Crippen LogP contribution in [0.1, 0.15) is 41.3 Å². The summed E-state index contributed by atoms with van der Waals surface area (Å²) in [5.74, 6) is 0.252. The Morgan fingerprint density at radius 2 is 1.68 bits per heavy atom. The van der Waals surface area contributed by atoms with E-state index in [1.165, 1.54) is 5.56 Å². The Hall–Kier alpha value is -2.88. The highest BCUT2D eigenvalue weighted by Gasteiger charge is 2.20. The molecular weight excluding hydrogens is 427 g/mol. The summed E-state index contributed by atoms with van der Waals surface area (Å²) in [4.78, 5) is 18.2. The smallest absolute Gasteiger partial charge is 0.256 e. The summed E-state index contributed by atoms with van der Waals surface area (Å²) in [5, 5.41) is 4.88. The second kappa shape index (κ2) is 8.70. The summed E-state index contributed by atoms with van der Waals surface area (Å²) in [7, 11) is 0. The van der Waals surface area contributed by atoms with Crippen molar-refractivity contribution in [2.75, 3.05) is 5.32 Å². The molecule has 4 aromatic rings. The maximum Gasteiger partial charge on any atom is 0.256 e. The number of para-hydroxylation sites is 1. The molecule has 5 heteroatoms. The number of pyridine rings is 1. The minimum Gasteiger partial charge on any atom is -0.322 e. The van der Waals surface area contributed by atoms with Gasteiger partial charge in [-0.15, -0.1) is 0 Å². The predicted octanol–water partition coefficient (Wildman–Crippen LogP) is 7.89. The molecule has 0 saturated heterocycles. The van der Waals surface area contributed by atoms with Crippen LogP contribution in [0, 0.1) is 6.92 Å². The Morgan fingerprint density at radius 3 is 2.35 bits per heavy atom. The van der Waals surface area contributed by atoms with Gasteiger partial charge in [0.15, 0.2) is 0 Å². The van der Waals surface area contributed by atoms with Gasteiger partial charge in [-0.2, -0.15) is 0 Å². The number of aromatic nitrogens is 1. The molecule has 1 N–H and O–H groups in total. The molecule has 4 rings (SSSR count). The zero-order valence-electron chi connectivity index (χ0n) is 17.5. The molecular formula is C26H22Cl2N2O. The lowest BCUT2D eigenvalue weighted by Crippen LogP contribution is -2.15. The van der Waals surface area contributed by atoms with Crippen LogP contribution in [-0.4, -0.2) is 10.9 Å². The molecule has 1 aromatic heterocycles. The van der Waals surface area contributed by atoms with E-state index in [4.69, 9.17) is 28.2 Å². The third-order valence-corrected chi connectivity index (χ3v) is 5.93. The van der Waals surface area contributed by atoms with Gasteiger partial charge in [0.1, 0.15) is 0 Å². The fourth-order valence-electron chi connectivity index (χ4n) is 3.69. The molecule has 3 aromatic carbocycles. The van der Waals surface area contributed by atoms with Crippen molar-refractivity contribution in [3.05, 3.63) is 93.5 Å². The monoisotopic (exact) mass is 448 g/mol. The quantitative estimate of drug-likeness (QED) is 0.344. The van der Waals surface area contributed by atoms with Gasteiger partial charge in [-0.05, 0) is 60.4 Å². The molecule has 1 amide bonds. The van der Waals surface area contributed by atoms with Gasteiger partial charge in [0, 0.05) is 21.7 Å². The van der Waals surface area contributed by atoms with Crippen LogP contribution < -0.4 is 5.32 Å². The summed E-state index contributed by atoms with van der Waals surface area (Å²) >= 11 is 12.5. The van der Waals surface area contributed by atoms with Gasteiger partial charge in [-0.3, -0.25) is 4.79 Å². The average molecular weight is 449 g/mol. The molecule has 0 aliphatic rings. The highest BCUT2D eigenvalue weighted by Crippen LogP contribution is 2.35. The van der Waals surface area contributed by atoms with Gasteiger partial charge in [-0.1, -0.05) is 67.4 Å². The Bertz CT molecular complexity index is 1280. The molecule has 0 spiro atoms. The molecule has 0 aliphatic heterocycles. The number of nitrogens with one attached hydrogen (secondary N) is 1. The van der Waals surface area contributed by atoms with Crippen molar-refractivity contribution in [2.45, 2.75) is 26.7 Å². The van der Waals surface area contributed by atoms with Crippen molar-refractivity contribution in [1.29, 1.82) is 0 Å². The molecule has 0 saturated carbocycles. The Morgan fingerprint density at radius 1 is 0.968 bits per heavy atom. The molecule has 0 bridgehead atoms. The lowest BCUT2D eigenvalue weighted by atomic mass is 9.97. The van der Waals surface area contributed by atoms with Crippen LogP contribution in [0.25, 0.3) is 22.2 Å². The standard InChI is InChI=1S/C26H22Cl2N2O/c1-15(2)17-8-11-19(12-9-17)29-26(31)24-16(3)25(20-13-10-18(27)14-22(20)28)30-23-7-5-4-6-21(23)24/h4-15H,1-3H3,(H,29,31). The van der Waals surface area contributed by atoms with E-state index >= 15 is 0 Å². The number of benzene rings is 3. The van der Waals surface area contributed by atoms with Crippen molar-refractivity contribution in [2.24, 2.45) is 0 Å². The first-order valence-corrected chi connectivity index (χ1v) is 10.9. The second-order valence-electron chi connectivity index (χ2n) is 7.83. The van der Waals surface area contributed by atoms with Crippen LogP contribution in [0.15, 0.2) is 66.7 Å². The molecule has 0 unspecified atom stereocenters. The number of carbonyl (C=O) groups is 1. The number of hydrogen-bond donors (Lipinski definition) is 1. The Kier molecular flexibility index (Phi) is 5.99. The first-order chi connectivity index (χ1) is 14.8. The van der Waals surface area contributed by atoms with Crippen LogP contribution in [-0.2, 0) is 0 Å². The normalized spacial score (nSPS) is 11.2. The fourth-order valence-corrected chi connectivity index (χ4v) is 4.19. The maximum absolute atomic E-state index is 13.4. The van der Waals surface area contributed by atoms with Gasteiger partial charge >= 0.3 is 0 Å². The first-order valence-electron chi connectivity index (χ1n) is 10.1. The minimum atomic E-state index is -0.181. The van der Waals surface area contributed by atoms with Gasteiger partial charge in [0.05, 0.1) is 21.8 Å². The number of carbonyl (C=O) groups excluding carboxylic acids is 1. The SMILES string of the molecule is Cc1c(-c2ccc(Cl)cc2Cl)nc2ccccc2c1C(=O)Nc1ccc(C(C)C)cc1. The van der Waals surface area contributed by atoms with Crippen molar-refractivity contribution in [3.63, 3.8) is 0 Å². The lowest BCUT2D eigenvalue weighted by molar-refractivity contribution is 0.102. The molecule has 0 radical (unpaired) electrons. The third kappa shape index (κ3) is 4.30. The Balaban J connectivity index is 1.82. The number of fused-ring (bicyclic) bond motifs is 1. The van der Waals surface area contributed by atoms with E-state index in [1.54, 1.807) is 12.1 Å². The van der Waals surface area contributed by atoms with Crippen molar-refractivity contribution < 1.29 is 4.79 Å². The summed E-state index contributed by atoms with van der Waals surface area (Å²) in [6, 6.07) is 20.9. The van der Waals surface area contributed by atoms with E-state index in [0.29, 0.717) is 27.2 Å². The zero-order valence-corrected chi connectivity index (χ0v) is 19.1. The first kappa shape index (κ1) is 21.4. The predicted molar refractivity (Wildman–Crippen MR) is 130 cm³/mol. The summed E-state index contributed by atoms with van der Waals surface area (Å²) < 4.78 is 0. The summed E-state index contributed by atoms with van der Waals surface area (Å²) in [6.07, 6.45) is 0. The number of rotatable bonds is 4. The molecule has 156 valence electrons. The number of nitrogens with zero attached hydrogens (tertiary/aromatic N) is 1. The molecule has 3 nitrogen and oxygen atoms in total. The highest BCUT2D eigenvalue weighted by atomic mass is 35.5. The highest BCUT2D eigenvalue weighted by molar-refractivity contribution is 6.36. The lowest BCUT2D eigenvalue weighted by Gasteiger charge is -2.16. The molecule has 1 heterocycles. The molecule has 0 fully saturated rings. The van der Waals surface area contributed by atoms with Crippen molar-refractivity contribution in [1.82, 2.24) is 4.98 Å². The average Bonchev–Trinajstić information content (AvgIpc) is 2.74. The van der Waals surface area contributed by atoms with Crippen molar-refractivity contribution in [3.8, 4) is 11.3 Å². The van der Waals surface area contributed by atoms with E-state index < -0.39 is 0 Å². The van der Waals surface area contributed by atoms with E-state index in [1.807, 2.05) is 61.5 Å². The second-order valence-corrected chi connectivity index (χ2v) is 8.68. The van der Waals surface area contributed by atoms with Crippen molar-refractivity contribution >= 4 is 45.7 Å². The minimum absolute atomic E-state index is 0.181. The maximum atomic E-state index is 13.4. The van der Waals surface area contributed by atoms with Crippen LogP contribution in [0.5, 0.6) is 0 Å². The van der Waals surface area contributed by atoms with Gasteiger partial charge in [-0.25, -0.2) is 4.98 Å². The van der Waals surface area contributed by atoms with Crippen LogP contribution in [0.3, 0.4) is 0 Å². The van der Waals surface area contributed by atoms with E-state index in [0.717, 1.165) is 27.7 Å². The number of halogens is 2. The molecule has 31 heavy (non-hydrogen) atoms. The number of amides is 1. The van der Waals surface area contributed by atoms with E-state index in [9.17, 15) is 4.79 Å². The number of hydrogen-bond acceptors (Lipinski definition) is 2. The topological polar surface area (TPSA) is 42.0 Å². The zero-order chi connectivity index (χ0) is 22.1. The Labute approximate surface area is 192 Å². The summed E-state index contributed by atoms with van der Waals surface area (Å²) in [6.45, 7) is 6.18.